The third-order valence-corrected chi connectivity index (χ3v) is 5.14. The molecule has 1 aromatic carbocycles. The van der Waals surface area contributed by atoms with Crippen molar-refractivity contribution in [2.45, 2.75) is 33.1 Å². The molecule has 2 rings (SSSR count). The fourth-order valence-corrected chi connectivity index (χ4v) is 3.46. The van der Waals surface area contributed by atoms with E-state index >= 15 is 0 Å². The summed E-state index contributed by atoms with van der Waals surface area (Å²) in [6, 6.07) is 10.5. The molecule has 0 aliphatic carbocycles. The van der Waals surface area contributed by atoms with E-state index in [1.54, 1.807) is 0 Å². The van der Waals surface area contributed by atoms with Crippen LogP contribution in [0.15, 0.2) is 35.3 Å². The van der Waals surface area contributed by atoms with Crippen molar-refractivity contribution in [2.75, 3.05) is 57.4 Å². The summed E-state index contributed by atoms with van der Waals surface area (Å²) < 4.78 is 5.56. The summed E-state index contributed by atoms with van der Waals surface area (Å²) in [6.07, 6.45) is 2.76. The zero-order valence-corrected chi connectivity index (χ0v) is 19.7. The average Bonchev–Trinajstić information content (AvgIpc) is 3.16. The van der Waals surface area contributed by atoms with E-state index in [1.807, 2.05) is 0 Å². The van der Waals surface area contributed by atoms with E-state index in [2.05, 4.69) is 59.7 Å². The highest BCUT2D eigenvalue weighted by Gasteiger charge is 2.34. The summed E-state index contributed by atoms with van der Waals surface area (Å²) in [7, 11) is 0. The Bertz CT molecular complexity index is 551. The van der Waals surface area contributed by atoms with Crippen LogP contribution >= 0.6 is 24.0 Å². The van der Waals surface area contributed by atoms with Crippen molar-refractivity contribution in [1.82, 2.24) is 10.6 Å². The maximum atomic E-state index is 9.36. The Labute approximate surface area is 187 Å². The number of para-hydroxylation sites is 1. The van der Waals surface area contributed by atoms with E-state index in [0.717, 1.165) is 58.0 Å². The van der Waals surface area contributed by atoms with Gasteiger partial charge in [0.25, 0.3) is 0 Å². The number of aliphatic hydroxyl groups excluding tert-OH is 1. The van der Waals surface area contributed by atoms with E-state index in [1.165, 1.54) is 5.69 Å². The van der Waals surface area contributed by atoms with Gasteiger partial charge in [0.15, 0.2) is 5.96 Å². The second kappa shape index (κ2) is 14.0. The summed E-state index contributed by atoms with van der Waals surface area (Å²) in [5.41, 5.74) is 1.26. The van der Waals surface area contributed by atoms with E-state index in [0.29, 0.717) is 13.2 Å². The molecule has 3 N–H and O–H groups in total. The van der Waals surface area contributed by atoms with Gasteiger partial charge in [-0.15, -0.1) is 24.0 Å². The largest absolute Gasteiger partial charge is 0.396 e. The first-order valence-electron chi connectivity index (χ1n) is 10.2. The lowest BCUT2D eigenvalue weighted by Crippen LogP contribution is -2.40. The molecule has 6 nitrogen and oxygen atoms in total. The van der Waals surface area contributed by atoms with Gasteiger partial charge < -0.3 is 25.4 Å². The van der Waals surface area contributed by atoms with Crippen LogP contribution in [0.3, 0.4) is 0 Å². The molecular weight excluding hydrogens is 467 g/mol. The molecule has 28 heavy (non-hydrogen) atoms. The minimum Gasteiger partial charge on any atom is -0.396 e. The summed E-state index contributed by atoms with van der Waals surface area (Å²) in [6.45, 7) is 10.3. The normalized spacial score (nSPS) is 19.2. The Kier molecular flexibility index (Phi) is 12.5. The van der Waals surface area contributed by atoms with Crippen molar-refractivity contribution in [1.29, 1.82) is 0 Å². The van der Waals surface area contributed by atoms with Gasteiger partial charge in [-0.3, -0.25) is 4.99 Å². The maximum absolute atomic E-state index is 9.36. The highest BCUT2D eigenvalue weighted by Crippen LogP contribution is 2.32. The molecule has 1 aliphatic heterocycles. The van der Waals surface area contributed by atoms with Gasteiger partial charge in [0, 0.05) is 50.5 Å². The fourth-order valence-electron chi connectivity index (χ4n) is 3.46. The van der Waals surface area contributed by atoms with Crippen LogP contribution in [0, 0.1) is 5.41 Å². The van der Waals surface area contributed by atoms with Crippen LogP contribution in [0.5, 0.6) is 0 Å². The molecule has 7 heteroatoms. The van der Waals surface area contributed by atoms with Gasteiger partial charge in [-0.1, -0.05) is 18.2 Å². The molecule has 1 saturated heterocycles. The minimum atomic E-state index is -0.0105. The molecule has 0 radical (unpaired) electrons. The summed E-state index contributed by atoms with van der Waals surface area (Å²) >= 11 is 0. The Morgan fingerprint density at radius 2 is 2.04 bits per heavy atom. The van der Waals surface area contributed by atoms with Crippen LogP contribution in [0.2, 0.25) is 0 Å². The number of hydrogen-bond acceptors (Lipinski definition) is 4. The van der Waals surface area contributed by atoms with Gasteiger partial charge in [-0.2, -0.15) is 0 Å². The lowest BCUT2D eigenvalue weighted by atomic mass is 9.84. The second-order valence-electron chi connectivity index (χ2n) is 7.17. The number of aliphatic hydroxyl groups is 1. The number of halogens is 1. The Hall–Kier alpha value is -1.06. The van der Waals surface area contributed by atoms with E-state index in [9.17, 15) is 5.11 Å². The smallest absolute Gasteiger partial charge is 0.191 e. The highest BCUT2D eigenvalue weighted by molar-refractivity contribution is 14.0. The molecule has 0 aromatic heterocycles. The van der Waals surface area contributed by atoms with E-state index in [4.69, 9.17) is 9.73 Å². The number of nitrogens with one attached hydrogen (secondary N) is 2. The SMILES string of the molecule is CCNC(=NCC1(CCO)CCOC1)NCCCN(CC)c1ccccc1.I. The number of anilines is 1. The Morgan fingerprint density at radius 1 is 1.25 bits per heavy atom. The minimum absolute atomic E-state index is 0. The predicted molar refractivity (Wildman–Crippen MR) is 128 cm³/mol. The monoisotopic (exact) mass is 504 g/mol. The standard InChI is InChI=1S/C21H36N4O2.HI/c1-3-22-20(24-17-21(11-15-26)12-16-27-18-21)23-13-8-14-25(4-2)19-9-6-5-7-10-19;/h5-7,9-10,26H,3-4,8,11-18H2,1-2H3,(H2,22,23,24);1H. The van der Waals surface area contributed by atoms with E-state index in [-0.39, 0.29) is 36.0 Å². The summed E-state index contributed by atoms with van der Waals surface area (Å²) in [5.74, 6) is 0.851. The van der Waals surface area contributed by atoms with Gasteiger partial charge in [0.05, 0.1) is 13.2 Å². The lowest BCUT2D eigenvalue weighted by molar-refractivity contribution is 0.131. The van der Waals surface area contributed by atoms with Crippen molar-refractivity contribution in [2.24, 2.45) is 10.4 Å². The number of aliphatic imine (C=N–C) groups is 1. The second-order valence-corrected chi connectivity index (χ2v) is 7.17. The predicted octanol–water partition coefficient (Wildman–Crippen LogP) is 2.87. The molecule has 0 saturated carbocycles. The first kappa shape index (κ1) is 25.0. The van der Waals surface area contributed by atoms with Crippen LogP contribution in [0.4, 0.5) is 5.69 Å². The number of nitrogens with zero attached hydrogens (tertiary/aromatic N) is 2. The zero-order valence-electron chi connectivity index (χ0n) is 17.3. The molecule has 1 fully saturated rings. The number of hydrogen-bond donors (Lipinski definition) is 3. The maximum Gasteiger partial charge on any atom is 0.191 e. The molecule has 0 spiro atoms. The molecule has 1 atom stereocenters. The lowest BCUT2D eigenvalue weighted by Gasteiger charge is -2.25. The van der Waals surface area contributed by atoms with Crippen molar-refractivity contribution >= 4 is 35.6 Å². The molecule has 1 heterocycles. The van der Waals surface area contributed by atoms with E-state index < -0.39 is 0 Å². The Morgan fingerprint density at radius 3 is 2.64 bits per heavy atom. The van der Waals surface area contributed by atoms with Gasteiger partial charge in [-0.05, 0) is 45.2 Å². The molecular formula is C21H37IN4O2. The number of rotatable bonds is 11. The quantitative estimate of drug-likeness (QED) is 0.187. The van der Waals surface area contributed by atoms with Crippen LogP contribution in [0.1, 0.15) is 33.1 Å². The molecule has 160 valence electrons. The molecule has 0 amide bonds. The van der Waals surface area contributed by atoms with Gasteiger partial charge in [0.1, 0.15) is 0 Å². The molecule has 1 aliphatic rings. The first-order valence-corrected chi connectivity index (χ1v) is 10.2. The third kappa shape index (κ3) is 8.13. The fraction of sp³-hybridized carbons (Fsp3) is 0.667. The molecule has 0 bridgehead atoms. The average molecular weight is 504 g/mol. The van der Waals surface area contributed by atoms with Crippen LogP contribution in [0.25, 0.3) is 0 Å². The van der Waals surface area contributed by atoms with Crippen LogP contribution in [-0.2, 0) is 4.74 Å². The summed E-state index contributed by atoms with van der Waals surface area (Å²) in [5, 5.41) is 16.1. The Balaban J connectivity index is 0.00000392. The van der Waals surface area contributed by atoms with Crippen molar-refractivity contribution in [3.63, 3.8) is 0 Å². The zero-order chi connectivity index (χ0) is 19.4. The highest BCUT2D eigenvalue weighted by atomic mass is 127. The molecule has 1 unspecified atom stereocenters. The van der Waals surface area contributed by atoms with Crippen molar-refractivity contribution in [3.05, 3.63) is 30.3 Å². The summed E-state index contributed by atoms with van der Waals surface area (Å²) in [4.78, 5) is 7.16. The molecule has 1 aromatic rings. The van der Waals surface area contributed by atoms with Crippen molar-refractivity contribution < 1.29 is 9.84 Å². The third-order valence-electron chi connectivity index (χ3n) is 5.14. The van der Waals surface area contributed by atoms with Crippen LogP contribution in [-0.4, -0.2) is 63.6 Å². The van der Waals surface area contributed by atoms with Gasteiger partial charge in [-0.25, -0.2) is 0 Å². The topological polar surface area (TPSA) is 69.1 Å². The van der Waals surface area contributed by atoms with Crippen molar-refractivity contribution in [3.8, 4) is 0 Å². The first-order chi connectivity index (χ1) is 13.2. The number of ether oxygens (including phenoxy) is 1. The number of benzene rings is 1. The number of guanidine groups is 1. The van der Waals surface area contributed by atoms with Crippen LogP contribution < -0.4 is 15.5 Å². The van der Waals surface area contributed by atoms with Gasteiger partial charge in [0.2, 0.25) is 0 Å². The van der Waals surface area contributed by atoms with Gasteiger partial charge >= 0.3 is 0 Å².